The van der Waals surface area contributed by atoms with Gasteiger partial charge in [0.25, 0.3) is 0 Å². The zero-order chi connectivity index (χ0) is 0. The Morgan fingerprint density at radius 1 is 0.200 bits per heavy atom. The quantitative estimate of drug-likeness (QED) is 0.321. The van der Waals surface area contributed by atoms with Crippen LogP contribution in [0.5, 0.6) is 0 Å². The van der Waals surface area contributed by atoms with Crippen LogP contribution in [0.2, 0.25) is 0 Å². The molecule has 10 heavy (non-hydrogen) atoms. The van der Waals surface area contributed by atoms with Crippen LogP contribution in [0.25, 0.3) is 0 Å². The zero-order valence-corrected chi connectivity index (χ0v) is 33.7. The standard InChI is InChI=1S/7Ce.3Ir. The molecule has 0 rings (SSSR count). The Balaban J connectivity index is 0. The molecule has 0 amide bonds. The van der Waals surface area contributed by atoms with Crippen molar-refractivity contribution in [3.8, 4) is 0 Å². The fourth-order valence-electron chi connectivity index (χ4n) is 0. The van der Waals surface area contributed by atoms with E-state index in [2.05, 4.69) is 0 Å². The molecule has 0 saturated heterocycles. The van der Waals surface area contributed by atoms with Gasteiger partial charge < -0.3 is 0 Å². The summed E-state index contributed by atoms with van der Waals surface area (Å²) in [5.41, 5.74) is 0. The van der Waals surface area contributed by atoms with Crippen molar-refractivity contribution in [3.05, 3.63) is 0 Å². The van der Waals surface area contributed by atoms with Gasteiger partial charge in [0.05, 0.1) is 0 Å². The van der Waals surface area contributed by atoms with E-state index in [0.29, 0.717) is 0 Å². The normalized spacial score (nSPS) is 0. The van der Waals surface area contributed by atoms with E-state index in [9.17, 15) is 0 Å². The van der Waals surface area contributed by atoms with Crippen LogP contribution in [0.15, 0.2) is 0 Å². The van der Waals surface area contributed by atoms with Crippen LogP contribution < -0.4 is 0 Å². The number of hydrogen-bond donors (Lipinski definition) is 0. The van der Waals surface area contributed by atoms with Crippen LogP contribution >= 0.6 is 0 Å². The SMILES string of the molecule is [Ce].[Ce].[Ce].[Ce].[Ce].[Ce].[Ce].[Ir].[Ir].[Ir]. The maximum Gasteiger partial charge on any atom is 0 e. The van der Waals surface area contributed by atoms with Gasteiger partial charge in [-0.25, -0.2) is 0 Å². The van der Waals surface area contributed by atoms with Gasteiger partial charge in [0.1, 0.15) is 0 Å². The molecule has 0 atom stereocenters. The van der Waals surface area contributed by atoms with E-state index in [4.69, 9.17) is 0 Å². The smallest absolute Gasteiger partial charge is 0 e. The summed E-state index contributed by atoms with van der Waals surface area (Å²) >= 11 is 0. The molecule has 0 spiro atoms. The van der Waals surface area contributed by atoms with Gasteiger partial charge in [0.15, 0.2) is 0 Å². The van der Waals surface area contributed by atoms with E-state index in [1.54, 1.807) is 0 Å². The Labute approximate surface area is 339 Å². The summed E-state index contributed by atoms with van der Waals surface area (Å²) in [6.07, 6.45) is 0. The van der Waals surface area contributed by atoms with Crippen molar-refractivity contribution in [1.29, 1.82) is 0 Å². The van der Waals surface area contributed by atoms with Gasteiger partial charge in [-0.1, -0.05) is 0 Å². The van der Waals surface area contributed by atoms with Crippen LogP contribution in [0.3, 0.4) is 0 Å². The van der Waals surface area contributed by atoms with Gasteiger partial charge in [-0.15, -0.1) is 0 Å². The first kappa shape index (κ1) is 68.2. The van der Waals surface area contributed by atoms with E-state index in [1.807, 2.05) is 0 Å². The minimum atomic E-state index is 0. The molecule has 0 saturated carbocycles. The van der Waals surface area contributed by atoms with Crippen molar-refractivity contribution < 1.29 is 353 Å². The predicted molar refractivity (Wildman–Crippen MR) is 0 cm³/mol. The molecule has 0 unspecified atom stereocenters. The van der Waals surface area contributed by atoms with Gasteiger partial charge in [-0.2, -0.15) is 0 Å². The van der Waals surface area contributed by atoms with Crippen molar-refractivity contribution in [1.82, 2.24) is 0 Å². The predicted octanol–water partition coefficient (Wildman–Crippen LogP) is -0.00750. The van der Waals surface area contributed by atoms with Crippen LogP contribution in [-0.4, -0.2) is 0 Å². The summed E-state index contributed by atoms with van der Waals surface area (Å²) < 4.78 is 0. The number of hydrogen-bond acceptors (Lipinski definition) is 0. The van der Waals surface area contributed by atoms with Crippen LogP contribution in [-0.2, 0) is 60.3 Å². The van der Waals surface area contributed by atoms with Crippen molar-refractivity contribution >= 4 is 0 Å². The second-order valence-corrected chi connectivity index (χ2v) is 0. The van der Waals surface area contributed by atoms with E-state index in [-0.39, 0.29) is 353 Å². The minimum absolute atomic E-state index is 0. The average Bonchev–Trinajstić information content (AvgIpc) is 0. The van der Waals surface area contributed by atoms with Crippen molar-refractivity contribution in [2.75, 3.05) is 0 Å². The topological polar surface area (TPSA) is 0 Å². The second kappa shape index (κ2) is 58.8. The van der Waals surface area contributed by atoms with Gasteiger partial charge in [0.2, 0.25) is 0 Å². The molecule has 0 aromatic heterocycles. The zero-order valence-electron chi connectivity index (χ0n) is 4.50. The summed E-state index contributed by atoms with van der Waals surface area (Å²) in [4.78, 5) is 0. The van der Waals surface area contributed by atoms with E-state index < -0.39 is 0 Å². The first-order valence-electron chi connectivity index (χ1n) is 0. The molecule has 0 nitrogen and oxygen atoms in total. The summed E-state index contributed by atoms with van der Waals surface area (Å²) in [6, 6.07) is 0. The fraction of sp³-hybridized carbons (Fsp3) is 0. The summed E-state index contributed by atoms with van der Waals surface area (Å²) in [6.45, 7) is 0. The van der Waals surface area contributed by atoms with Gasteiger partial charge >= 0.3 is 0 Å². The summed E-state index contributed by atoms with van der Waals surface area (Å²) in [5, 5.41) is 0. The molecule has 3 radical (unpaired) electrons. The first-order chi connectivity index (χ1) is 0. The second-order valence-electron chi connectivity index (χ2n) is 0. The molecular weight excluding hydrogens is 1560 g/mol. The molecule has 0 aromatic rings. The van der Waals surface area contributed by atoms with Crippen LogP contribution in [0.4, 0.5) is 0 Å². The van der Waals surface area contributed by atoms with Crippen LogP contribution in [0, 0.1) is 292 Å². The Kier molecular flexibility index (Phi) is 401. The molecule has 55 valence electrons. The molecule has 0 aromatic carbocycles. The monoisotopic (exact) mass is 1560 g/mol. The maximum atomic E-state index is 0. The molecule has 0 N–H and O–H groups in total. The minimum Gasteiger partial charge on any atom is 0 e. The van der Waals surface area contributed by atoms with E-state index >= 15 is 0 Å². The molecule has 0 heterocycles. The van der Waals surface area contributed by atoms with Crippen molar-refractivity contribution in [2.45, 2.75) is 0 Å². The molecular formula is Ce7Ir3. The van der Waals surface area contributed by atoms with E-state index in [1.165, 1.54) is 0 Å². The third-order valence-electron chi connectivity index (χ3n) is 0. The Morgan fingerprint density at radius 2 is 0.200 bits per heavy atom. The fourth-order valence-corrected chi connectivity index (χ4v) is 0. The molecule has 10 heteroatoms. The summed E-state index contributed by atoms with van der Waals surface area (Å²) in [5.74, 6) is 0. The van der Waals surface area contributed by atoms with Gasteiger partial charge in [0, 0.05) is 353 Å². The number of rotatable bonds is 0. The van der Waals surface area contributed by atoms with Crippen molar-refractivity contribution in [3.63, 3.8) is 0 Å². The summed E-state index contributed by atoms with van der Waals surface area (Å²) in [7, 11) is 0. The first-order valence-corrected chi connectivity index (χ1v) is 0. The molecule has 0 aliphatic carbocycles. The van der Waals surface area contributed by atoms with Crippen LogP contribution in [0.1, 0.15) is 0 Å². The van der Waals surface area contributed by atoms with Gasteiger partial charge in [-0.3, -0.25) is 0 Å². The Bertz CT molecular complexity index is 8.81. The van der Waals surface area contributed by atoms with Gasteiger partial charge in [-0.05, 0) is 0 Å². The largest absolute Gasteiger partial charge is 0 e. The third-order valence-corrected chi connectivity index (χ3v) is 0. The molecule has 0 aliphatic rings. The maximum absolute atomic E-state index is 0. The Morgan fingerprint density at radius 3 is 0.200 bits per heavy atom. The Hall–Kier alpha value is 11.6. The van der Waals surface area contributed by atoms with Crippen molar-refractivity contribution in [2.24, 2.45) is 0 Å². The molecule has 0 fully saturated rings. The third kappa shape index (κ3) is 50.4. The average molecular weight is 1560 g/mol. The molecule has 0 bridgehead atoms. The molecule has 0 aliphatic heterocycles. The van der Waals surface area contributed by atoms with E-state index in [0.717, 1.165) is 0 Å².